The highest BCUT2D eigenvalue weighted by molar-refractivity contribution is 6.07. The third-order valence-corrected chi connectivity index (χ3v) is 10.6. The van der Waals surface area contributed by atoms with Gasteiger partial charge >= 0.3 is 0 Å². The summed E-state index contributed by atoms with van der Waals surface area (Å²) in [6.07, 6.45) is 0. The smallest absolute Gasteiger partial charge is 0.136 e. The maximum Gasteiger partial charge on any atom is 0.136 e. The maximum atomic E-state index is 6.59. The van der Waals surface area contributed by atoms with Gasteiger partial charge in [0.15, 0.2) is 0 Å². The van der Waals surface area contributed by atoms with Gasteiger partial charge in [-0.05, 0) is 102 Å². The molecule has 0 bridgehead atoms. The molecule has 0 saturated carbocycles. The second kappa shape index (κ2) is 8.62. The number of fused-ring (bicyclic) bond motifs is 14. The zero-order valence-corrected chi connectivity index (χ0v) is 24.9. The van der Waals surface area contributed by atoms with Crippen molar-refractivity contribution in [1.82, 2.24) is 0 Å². The van der Waals surface area contributed by atoms with Crippen LogP contribution in [-0.4, -0.2) is 0 Å². The molecule has 1 heteroatoms. The summed E-state index contributed by atoms with van der Waals surface area (Å²) >= 11 is 0. The number of rotatable bonds is 1. The van der Waals surface area contributed by atoms with E-state index in [0.29, 0.717) is 0 Å². The quantitative estimate of drug-likeness (QED) is 0.187. The Bertz CT molecular complexity index is 2580. The maximum absolute atomic E-state index is 6.59. The van der Waals surface area contributed by atoms with Gasteiger partial charge in [-0.15, -0.1) is 0 Å². The molecule has 1 nitrogen and oxygen atoms in total. The average Bonchev–Trinajstić information content (AvgIpc) is 3.59. The van der Waals surface area contributed by atoms with Crippen LogP contribution < -0.4 is 4.74 Å². The van der Waals surface area contributed by atoms with E-state index in [1.54, 1.807) is 0 Å². The zero-order valence-electron chi connectivity index (χ0n) is 24.9. The van der Waals surface area contributed by atoms with Crippen molar-refractivity contribution in [2.24, 2.45) is 0 Å². The minimum Gasteiger partial charge on any atom is -0.456 e. The van der Waals surface area contributed by atoms with Crippen LogP contribution in [0.15, 0.2) is 158 Å². The number of hydrogen-bond donors (Lipinski definition) is 0. The highest BCUT2D eigenvalue weighted by Crippen LogP contribution is 2.64. The van der Waals surface area contributed by atoms with Crippen LogP contribution >= 0.6 is 0 Å². The van der Waals surface area contributed by atoms with Crippen molar-refractivity contribution in [2.45, 2.75) is 5.41 Å². The molecule has 0 N–H and O–H groups in total. The summed E-state index contributed by atoms with van der Waals surface area (Å²) in [6.45, 7) is 0. The molecule has 0 saturated heterocycles. The van der Waals surface area contributed by atoms with Crippen molar-refractivity contribution >= 4 is 21.5 Å². The average molecular weight is 583 g/mol. The molecule has 0 atom stereocenters. The number of benzene rings is 8. The minimum absolute atomic E-state index is 0.414. The normalized spacial score (nSPS) is 14.0. The molecule has 0 amide bonds. The Kier molecular flexibility index (Phi) is 4.57. The van der Waals surface area contributed by atoms with E-state index < -0.39 is 5.41 Å². The number of hydrogen-bond acceptors (Lipinski definition) is 1. The fourth-order valence-corrected chi connectivity index (χ4v) is 8.85. The Morgan fingerprint density at radius 2 is 1.02 bits per heavy atom. The van der Waals surface area contributed by atoms with E-state index in [1.807, 2.05) is 6.07 Å². The second-order valence-electron chi connectivity index (χ2n) is 12.8. The van der Waals surface area contributed by atoms with Crippen molar-refractivity contribution < 1.29 is 4.74 Å². The van der Waals surface area contributed by atoms with Gasteiger partial charge in [-0.25, -0.2) is 0 Å². The summed E-state index contributed by atoms with van der Waals surface area (Å²) in [6, 6.07) is 58.3. The highest BCUT2D eigenvalue weighted by atomic mass is 16.5. The van der Waals surface area contributed by atoms with Gasteiger partial charge in [0.2, 0.25) is 0 Å². The largest absolute Gasteiger partial charge is 0.456 e. The summed E-state index contributed by atoms with van der Waals surface area (Å²) in [5, 5.41) is 4.97. The lowest BCUT2D eigenvalue weighted by atomic mass is 9.69. The van der Waals surface area contributed by atoms with Crippen LogP contribution in [0, 0.1) is 0 Å². The van der Waals surface area contributed by atoms with Crippen molar-refractivity contribution in [3.05, 3.63) is 180 Å². The first-order valence-corrected chi connectivity index (χ1v) is 16.0. The van der Waals surface area contributed by atoms with Gasteiger partial charge < -0.3 is 4.74 Å². The lowest BCUT2D eigenvalue weighted by Gasteiger charge is -2.31. The molecule has 1 heterocycles. The van der Waals surface area contributed by atoms with Gasteiger partial charge in [0.1, 0.15) is 11.5 Å². The Labute approximate surface area is 267 Å². The molecule has 8 aromatic carbocycles. The van der Waals surface area contributed by atoms with Crippen LogP contribution in [-0.2, 0) is 5.41 Å². The molecule has 1 spiro atoms. The van der Waals surface area contributed by atoms with Gasteiger partial charge in [0.05, 0.1) is 5.41 Å². The first-order chi connectivity index (χ1) is 22.8. The third-order valence-electron chi connectivity index (χ3n) is 10.6. The Balaban J connectivity index is 1.22. The van der Waals surface area contributed by atoms with E-state index in [0.717, 1.165) is 22.6 Å². The summed E-state index contributed by atoms with van der Waals surface area (Å²) in [4.78, 5) is 0. The Morgan fingerprint density at radius 1 is 0.370 bits per heavy atom. The van der Waals surface area contributed by atoms with Crippen molar-refractivity contribution in [3.8, 4) is 56.0 Å². The Hall–Kier alpha value is -5.92. The fraction of sp³-hybridized carbons (Fsp3) is 0.0222. The van der Waals surface area contributed by atoms with Gasteiger partial charge in [-0.2, -0.15) is 0 Å². The lowest BCUT2D eigenvalue weighted by molar-refractivity contribution is 0.487. The van der Waals surface area contributed by atoms with Gasteiger partial charge in [-0.3, -0.25) is 0 Å². The van der Waals surface area contributed by atoms with Crippen LogP contribution in [0.4, 0.5) is 0 Å². The van der Waals surface area contributed by atoms with E-state index >= 15 is 0 Å². The van der Waals surface area contributed by atoms with Gasteiger partial charge in [0, 0.05) is 10.9 Å². The molecule has 0 unspecified atom stereocenters. The SMILES string of the molecule is c1ccc2c(c1)Oc1cc(-c3ccc4c(c3)C3(c5ccccc5-c5ccccc53)c3c-4ccc4ccccc34)cc3cccc-2c13. The van der Waals surface area contributed by atoms with Gasteiger partial charge in [0.25, 0.3) is 0 Å². The van der Waals surface area contributed by atoms with E-state index in [-0.39, 0.29) is 0 Å². The predicted molar refractivity (Wildman–Crippen MR) is 189 cm³/mol. The lowest BCUT2D eigenvalue weighted by Crippen LogP contribution is -2.26. The minimum atomic E-state index is -0.414. The predicted octanol–water partition coefficient (Wildman–Crippen LogP) is 11.8. The molecule has 2 aliphatic carbocycles. The summed E-state index contributed by atoms with van der Waals surface area (Å²) < 4.78 is 6.59. The Morgan fingerprint density at radius 3 is 1.87 bits per heavy atom. The molecule has 0 aromatic heterocycles. The third kappa shape index (κ3) is 2.91. The topological polar surface area (TPSA) is 9.23 Å². The number of ether oxygens (including phenoxy) is 1. The molecule has 0 fully saturated rings. The van der Waals surface area contributed by atoms with Crippen molar-refractivity contribution in [2.75, 3.05) is 0 Å². The van der Waals surface area contributed by atoms with Crippen LogP contribution in [0.2, 0.25) is 0 Å². The molecule has 3 aliphatic rings. The van der Waals surface area contributed by atoms with E-state index in [9.17, 15) is 0 Å². The van der Waals surface area contributed by atoms with Crippen molar-refractivity contribution in [1.29, 1.82) is 0 Å². The summed E-state index contributed by atoms with van der Waals surface area (Å²) in [5.41, 5.74) is 15.1. The first-order valence-electron chi connectivity index (χ1n) is 16.0. The first kappa shape index (κ1) is 24.4. The second-order valence-corrected chi connectivity index (χ2v) is 12.8. The molecule has 46 heavy (non-hydrogen) atoms. The number of para-hydroxylation sites is 1. The summed E-state index contributed by atoms with van der Waals surface area (Å²) in [7, 11) is 0. The molecule has 0 radical (unpaired) electrons. The van der Waals surface area contributed by atoms with E-state index in [2.05, 4.69) is 152 Å². The van der Waals surface area contributed by atoms with Crippen LogP contribution in [0.5, 0.6) is 11.5 Å². The van der Waals surface area contributed by atoms with Gasteiger partial charge in [-0.1, -0.05) is 133 Å². The van der Waals surface area contributed by atoms with Crippen LogP contribution in [0.25, 0.3) is 66.1 Å². The van der Waals surface area contributed by atoms with Crippen LogP contribution in [0.1, 0.15) is 22.3 Å². The molecular weight excluding hydrogens is 556 g/mol. The van der Waals surface area contributed by atoms with E-state index in [4.69, 9.17) is 4.74 Å². The monoisotopic (exact) mass is 582 g/mol. The standard InChI is InChI=1S/C45H26O/c1-2-12-31-27(10-1)20-23-37-34-22-21-28(30-24-29-11-9-16-36-35-15-5-8-19-41(35)46-42(26-30)43(29)36)25-40(34)45(44(31)37)38-17-6-3-13-32(38)33-14-4-7-18-39(33)45/h1-26H. The molecule has 1 aliphatic heterocycles. The molecule has 11 rings (SSSR count). The fourth-order valence-electron chi connectivity index (χ4n) is 8.85. The zero-order chi connectivity index (χ0) is 30.0. The molecular formula is C45H26O. The molecule has 8 aromatic rings. The summed E-state index contributed by atoms with van der Waals surface area (Å²) in [5.74, 6) is 1.83. The van der Waals surface area contributed by atoms with E-state index in [1.165, 1.54) is 77.2 Å². The van der Waals surface area contributed by atoms with Crippen LogP contribution in [0.3, 0.4) is 0 Å². The van der Waals surface area contributed by atoms with Crippen molar-refractivity contribution in [3.63, 3.8) is 0 Å². The highest BCUT2D eigenvalue weighted by Gasteiger charge is 2.52. The molecule has 212 valence electrons.